The fourth-order valence-electron chi connectivity index (χ4n) is 2.91. The summed E-state index contributed by atoms with van der Waals surface area (Å²) in [7, 11) is 0. The SMILES string of the molecule is C[C@@]1(C(=O)N2CCCc3cc(C(F)(F)F)ccc32)CC1(Cl)Cl. The average Bonchev–Trinajstić information content (AvgIpc) is 2.95. The zero-order valence-corrected chi connectivity index (χ0v) is 13.3. The Bertz CT molecular complexity index is 644. The summed E-state index contributed by atoms with van der Waals surface area (Å²) in [5, 5.41) is 0. The fraction of sp³-hybridized carbons (Fsp3) is 0.533. The topological polar surface area (TPSA) is 20.3 Å². The van der Waals surface area contributed by atoms with Crippen LogP contribution in [-0.4, -0.2) is 16.8 Å². The van der Waals surface area contributed by atoms with Crippen molar-refractivity contribution in [3.05, 3.63) is 29.3 Å². The normalized spacial score (nSPS) is 26.5. The molecule has 2 nitrogen and oxygen atoms in total. The van der Waals surface area contributed by atoms with Gasteiger partial charge >= 0.3 is 6.18 Å². The molecule has 0 unspecified atom stereocenters. The number of hydrogen-bond donors (Lipinski definition) is 0. The largest absolute Gasteiger partial charge is 0.416 e. The van der Waals surface area contributed by atoms with Crippen LogP contribution in [-0.2, 0) is 17.4 Å². The van der Waals surface area contributed by atoms with Crippen LogP contribution < -0.4 is 4.90 Å². The zero-order valence-electron chi connectivity index (χ0n) is 11.8. The molecule has 1 fully saturated rings. The van der Waals surface area contributed by atoms with Crippen molar-refractivity contribution in [1.29, 1.82) is 0 Å². The molecule has 0 N–H and O–H groups in total. The number of carbonyl (C=O) groups is 1. The Hall–Kier alpha value is -0.940. The summed E-state index contributed by atoms with van der Waals surface area (Å²) >= 11 is 12.1. The number of anilines is 1. The van der Waals surface area contributed by atoms with Gasteiger partial charge in [-0.25, -0.2) is 0 Å². The van der Waals surface area contributed by atoms with Crippen molar-refractivity contribution in [2.75, 3.05) is 11.4 Å². The first-order chi connectivity index (χ1) is 10.1. The summed E-state index contributed by atoms with van der Waals surface area (Å²) in [6, 6.07) is 3.50. The van der Waals surface area contributed by atoms with Crippen molar-refractivity contribution < 1.29 is 18.0 Å². The molecule has 1 aromatic carbocycles. The third-order valence-corrected chi connectivity index (χ3v) is 5.60. The quantitative estimate of drug-likeness (QED) is 0.678. The van der Waals surface area contributed by atoms with Crippen LogP contribution >= 0.6 is 23.2 Å². The van der Waals surface area contributed by atoms with Crippen LogP contribution in [0.5, 0.6) is 0 Å². The van der Waals surface area contributed by atoms with Gasteiger partial charge in [0.1, 0.15) is 4.33 Å². The lowest BCUT2D eigenvalue weighted by Gasteiger charge is -2.32. The van der Waals surface area contributed by atoms with Gasteiger partial charge in [-0.05, 0) is 49.9 Å². The number of halogens is 5. The molecule has 22 heavy (non-hydrogen) atoms. The van der Waals surface area contributed by atoms with Crippen molar-refractivity contribution in [1.82, 2.24) is 0 Å². The molecule has 0 radical (unpaired) electrons. The maximum atomic E-state index is 12.8. The monoisotopic (exact) mass is 351 g/mol. The van der Waals surface area contributed by atoms with E-state index in [4.69, 9.17) is 23.2 Å². The molecule has 0 bridgehead atoms. The molecule has 2 aliphatic rings. The summed E-state index contributed by atoms with van der Waals surface area (Å²) < 4.78 is 37.3. The van der Waals surface area contributed by atoms with Gasteiger partial charge in [-0.1, -0.05) is 0 Å². The highest BCUT2D eigenvalue weighted by Crippen LogP contribution is 2.64. The van der Waals surface area contributed by atoms with Gasteiger partial charge in [0.25, 0.3) is 0 Å². The summed E-state index contributed by atoms with van der Waals surface area (Å²) in [4.78, 5) is 14.2. The maximum absolute atomic E-state index is 12.8. The lowest BCUT2D eigenvalue weighted by molar-refractivity contribution is -0.137. The van der Waals surface area contributed by atoms with Crippen molar-refractivity contribution in [2.45, 2.75) is 36.7 Å². The second-order valence-corrected chi connectivity index (χ2v) is 7.60. The first-order valence-corrected chi connectivity index (χ1v) is 7.72. The number of aryl methyl sites for hydroxylation is 1. The lowest BCUT2D eigenvalue weighted by atomic mass is 9.97. The number of alkyl halides is 5. The van der Waals surface area contributed by atoms with Gasteiger partial charge < -0.3 is 4.90 Å². The minimum atomic E-state index is -4.38. The number of benzene rings is 1. The Morgan fingerprint density at radius 1 is 1.32 bits per heavy atom. The highest BCUT2D eigenvalue weighted by atomic mass is 35.5. The van der Waals surface area contributed by atoms with Crippen LogP contribution in [0.3, 0.4) is 0 Å². The third-order valence-electron chi connectivity index (χ3n) is 4.50. The van der Waals surface area contributed by atoms with Crippen LogP contribution in [0.15, 0.2) is 18.2 Å². The van der Waals surface area contributed by atoms with E-state index in [0.717, 1.165) is 12.1 Å². The van der Waals surface area contributed by atoms with Crippen LogP contribution in [0.4, 0.5) is 18.9 Å². The molecule has 1 amide bonds. The third kappa shape index (κ3) is 2.38. The van der Waals surface area contributed by atoms with Gasteiger partial charge in [-0.15, -0.1) is 23.2 Å². The van der Waals surface area contributed by atoms with Crippen molar-refractivity contribution in [3.8, 4) is 0 Å². The van der Waals surface area contributed by atoms with E-state index in [-0.39, 0.29) is 5.91 Å². The minimum Gasteiger partial charge on any atom is -0.312 e. The number of nitrogens with zero attached hydrogens (tertiary/aromatic N) is 1. The van der Waals surface area contributed by atoms with E-state index in [0.29, 0.717) is 37.1 Å². The number of hydrogen-bond acceptors (Lipinski definition) is 1. The Kier molecular flexibility index (Phi) is 3.46. The van der Waals surface area contributed by atoms with Crippen LogP contribution in [0.2, 0.25) is 0 Å². The maximum Gasteiger partial charge on any atom is 0.416 e. The summed E-state index contributed by atoms with van der Waals surface area (Å²) in [5.74, 6) is -0.224. The van der Waals surface area contributed by atoms with Gasteiger partial charge in [-0.3, -0.25) is 4.79 Å². The van der Waals surface area contributed by atoms with Gasteiger partial charge in [-0.2, -0.15) is 13.2 Å². The first-order valence-electron chi connectivity index (χ1n) is 6.96. The zero-order chi connectivity index (χ0) is 16.3. The molecule has 1 aliphatic carbocycles. The molecular formula is C15H14Cl2F3NO. The molecule has 1 atom stereocenters. The van der Waals surface area contributed by atoms with Crippen LogP contribution in [0.25, 0.3) is 0 Å². The predicted molar refractivity (Wildman–Crippen MR) is 79.3 cm³/mol. The fourth-order valence-corrected chi connectivity index (χ4v) is 3.61. The second kappa shape index (κ2) is 4.78. The van der Waals surface area contributed by atoms with E-state index in [9.17, 15) is 18.0 Å². The number of fused-ring (bicyclic) bond motifs is 1. The summed E-state index contributed by atoms with van der Waals surface area (Å²) in [5.41, 5.74) is -0.495. The van der Waals surface area contributed by atoms with Crippen LogP contribution in [0, 0.1) is 5.41 Å². The van der Waals surface area contributed by atoms with Crippen LogP contribution in [0.1, 0.15) is 30.9 Å². The Morgan fingerprint density at radius 2 is 1.95 bits per heavy atom. The minimum absolute atomic E-state index is 0.224. The second-order valence-electron chi connectivity index (χ2n) is 6.11. The molecule has 120 valence electrons. The Balaban J connectivity index is 1.94. The molecule has 0 saturated heterocycles. The van der Waals surface area contributed by atoms with Gasteiger partial charge in [0.05, 0.1) is 11.0 Å². The number of rotatable bonds is 1. The van der Waals surface area contributed by atoms with Gasteiger partial charge in [0, 0.05) is 12.2 Å². The Morgan fingerprint density at radius 3 is 2.50 bits per heavy atom. The highest BCUT2D eigenvalue weighted by Gasteiger charge is 2.69. The number of carbonyl (C=O) groups excluding carboxylic acids is 1. The average molecular weight is 352 g/mol. The van der Waals surface area contributed by atoms with Gasteiger partial charge in [0.2, 0.25) is 5.91 Å². The van der Waals surface area contributed by atoms with Crippen molar-refractivity contribution in [3.63, 3.8) is 0 Å². The molecule has 1 heterocycles. The molecule has 1 saturated carbocycles. The van der Waals surface area contributed by atoms with E-state index >= 15 is 0 Å². The van der Waals surface area contributed by atoms with E-state index in [1.807, 2.05) is 0 Å². The molecule has 3 rings (SSSR count). The summed E-state index contributed by atoms with van der Waals surface area (Å²) in [6.45, 7) is 2.16. The van der Waals surface area contributed by atoms with Gasteiger partial charge in [0.15, 0.2) is 0 Å². The van der Waals surface area contributed by atoms with Crippen molar-refractivity contribution >= 4 is 34.8 Å². The Labute approximate surface area is 136 Å². The molecule has 1 aliphatic heterocycles. The standard InChI is InChI=1S/C15H14Cl2F3NO/c1-13(8-14(13,16)17)12(22)21-6-2-3-9-7-10(15(18,19)20)4-5-11(9)21/h4-5,7H,2-3,6,8H2,1H3/t13-/m0/s1. The molecule has 7 heteroatoms. The molecule has 1 aromatic rings. The van der Waals surface area contributed by atoms with Crippen molar-refractivity contribution in [2.24, 2.45) is 5.41 Å². The molecular weight excluding hydrogens is 338 g/mol. The first kappa shape index (κ1) is 15.9. The molecule has 0 aromatic heterocycles. The lowest BCUT2D eigenvalue weighted by Crippen LogP contribution is -2.41. The van der Waals surface area contributed by atoms with E-state index in [1.165, 1.54) is 11.0 Å². The summed E-state index contributed by atoms with van der Waals surface area (Å²) in [6.07, 6.45) is -2.89. The number of amides is 1. The smallest absolute Gasteiger partial charge is 0.312 e. The predicted octanol–water partition coefficient (Wildman–Crippen LogP) is 4.57. The molecule has 0 spiro atoms. The van der Waals surface area contributed by atoms with E-state index < -0.39 is 21.5 Å². The van der Waals surface area contributed by atoms with E-state index in [1.54, 1.807) is 6.92 Å². The van der Waals surface area contributed by atoms with E-state index in [2.05, 4.69) is 0 Å². The highest BCUT2D eigenvalue weighted by molar-refractivity contribution is 6.53.